The highest BCUT2D eigenvalue weighted by Crippen LogP contribution is 2.42. The van der Waals surface area contributed by atoms with Gasteiger partial charge in [-0.1, -0.05) is 70.4 Å². The first kappa shape index (κ1) is 17.9. The van der Waals surface area contributed by atoms with Crippen LogP contribution in [-0.2, 0) is 4.74 Å². The lowest BCUT2D eigenvalue weighted by atomic mass is 10.2. The van der Waals surface area contributed by atoms with E-state index >= 15 is 0 Å². The number of hydrogen-bond acceptors (Lipinski definition) is 4. The summed E-state index contributed by atoms with van der Waals surface area (Å²) in [6.45, 7) is 5.37. The molecule has 1 aliphatic rings. The zero-order valence-corrected chi connectivity index (χ0v) is 15.9. The van der Waals surface area contributed by atoms with Crippen LogP contribution in [0, 0.1) is 0 Å². The van der Waals surface area contributed by atoms with Crippen molar-refractivity contribution < 1.29 is 4.74 Å². The third-order valence-electron chi connectivity index (χ3n) is 3.03. The number of rotatable bonds is 1. The minimum Gasteiger partial charge on any atom is -0.377 e. The standard InChI is InChI=1S/C12H12Cl4N2OS2/c1-5-3-19-4-6(2)18(5)12(20)21-9-7(13)10(15)17-11(16)8(9)14/h5-6H,3-4H2,1-2H3. The van der Waals surface area contributed by atoms with Crippen LogP contribution in [0.1, 0.15) is 13.8 Å². The summed E-state index contributed by atoms with van der Waals surface area (Å²) in [5.74, 6) is 0. The lowest BCUT2D eigenvalue weighted by Crippen LogP contribution is -2.51. The predicted molar refractivity (Wildman–Crippen MR) is 94.3 cm³/mol. The number of thiocarbonyl (C=S) groups is 1. The first-order valence-electron chi connectivity index (χ1n) is 6.10. The summed E-state index contributed by atoms with van der Waals surface area (Å²) in [4.78, 5) is 6.50. The van der Waals surface area contributed by atoms with E-state index in [-0.39, 0.29) is 32.4 Å². The number of hydrogen-bond donors (Lipinski definition) is 0. The lowest BCUT2D eigenvalue weighted by Gasteiger charge is -2.40. The molecule has 1 fully saturated rings. The maximum atomic E-state index is 6.17. The third kappa shape index (κ3) is 3.89. The summed E-state index contributed by atoms with van der Waals surface area (Å²) in [6, 6.07) is 0.359. The molecule has 0 radical (unpaired) electrons. The molecule has 1 saturated heterocycles. The number of aromatic nitrogens is 1. The summed E-state index contributed by atoms with van der Waals surface area (Å²) in [5, 5.41) is 0.734. The van der Waals surface area contributed by atoms with Gasteiger partial charge in [0.1, 0.15) is 4.32 Å². The largest absolute Gasteiger partial charge is 0.377 e. The molecule has 9 heteroatoms. The number of morpholine rings is 1. The van der Waals surface area contributed by atoms with Crippen LogP contribution in [0.5, 0.6) is 0 Å². The fourth-order valence-corrected chi connectivity index (χ4v) is 4.75. The Hall–Kier alpha value is 0.510. The minimum absolute atomic E-state index is 0.111. The predicted octanol–water partition coefficient (Wildman–Crippen LogP) is 5.18. The zero-order valence-electron chi connectivity index (χ0n) is 11.2. The summed E-state index contributed by atoms with van der Waals surface area (Å²) in [6.07, 6.45) is 0. The van der Waals surface area contributed by atoms with E-state index in [1.807, 2.05) is 0 Å². The summed E-state index contributed by atoms with van der Waals surface area (Å²) in [5.41, 5.74) is 0. The smallest absolute Gasteiger partial charge is 0.150 e. The van der Waals surface area contributed by atoms with Crippen LogP contribution in [-0.4, -0.2) is 39.5 Å². The Kier molecular flexibility index (Phi) is 6.28. The minimum atomic E-state index is 0.111. The van der Waals surface area contributed by atoms with E-state index < -0.39 is 0 Å². The average molecular weight is 406 g/mol. The highest BCUT2D eigenvalue weighted by molar-refractivity contribution is 8.23. The van der Waals surface area contributed by atoms with E-state index in [2.05, 4.69) is 23.7 Å². The molecule has 0 saturated carbocycles. The quantitative estimate of drug-likeness (QED) is 0.364. The van der Waals surface area contributed by atoms with Crippen molar-refractivity contribution in [2.24, 2.45) is 0 Å². The van der Waals surface area contributed by atoms with Crippen LogP contribution in [0.3, 0.4) is 0 Å². The van der Waals surface area contributed by atoms with Crippen LogP contribution in [0.25, 0.3) is 0 Å². The van der Waals surface area contributed by atoms with Crippen LogP contribution in [0.2, 0.25) is 20.4 Å². The lowest BCUT2D eigenvalue weighted by molar-refractivity contribution is 0.00206. The van der Waals surface area contributed by atoms with E-state index in [1.165, 1.54) is 11.8 Å². The molecule has 21 heavy (non-hydrogen) atoms. The second-order valence-corrected chi connectivity index (χ2v) is 7.78. The summed E-state index contributed by atoms with van der Waals surface area (Å²) < 4.78 is 6.15. The van der Waals surface area contributed by atoms with Crippen LogP contribution in [0.15, 0.2) is 4.90 Å². The van der Waals surface area contributed by atoms with Crippen molar-refractivity contribution in [2.75, 3.05) is 13.2 Å². The number of thioether (sulfide) groups is 1. The summed E-state index contributed by atoms with van der Waals surface area (Å²) >= 11 is 31.0. The first-order valence-corrected chi connectivity index (χ1v) is 8.84. The van der Waals surface area contributed by atoms with Gasteiger partial charge < -0.3 is 9.64 Å². The molecule has 3 nitrogen and oxygen atoms in total. The fourth-order valence-electron chi connectivity index (χ4n) is 2.06. The number of halogens is 4. The molecule has 0 aliphatic carbocycles. The van der Waals surface area contributed by atoms with Gasteiger partial charge in [0.2, 0.25) is 0 Å². The Bertz CT molecular complexity index is 536. The molecule has 1 aromatic heterocycles. The average Bonchev–Trinajstić information content (AvgIpc) is 2.41. The van der Waals surface area contributed by atoms with Crippen molar-refractivity contribution in [3.8, 4) is 0 Å². The van der Waals surface area contributed by atoms with Crippen molar-refractivity contribution in [3.63, 3.8) is 0 Å². The molecule has 2 heterocycles. The van der Waals surface area contributed by atoms with E-state index in [1.54, 1.807) is 0 Å². The van der Waals surface area contributed by atoms with Gasteiger partial charge in [0.25, 0.3) is 0 Å². The molecule has 0 spiro atoms. The van der Waals surface area contributed by atoms with Crippen molar-refractivity contribution in [1.82, 2.24) is 9.88 Å². The fraction of sp³-hybridized carbons (Fsp3) is 0.500. The van der Waals surface area contributed by atoms with Gasteiger partial charge in [0.15, 0.2) is 10.3 Å². The van der Waals surface area contributed by atoms with Gasteiger partial charge in [0.05, 0.1) is 40.2 Å². The summed E-state index contributed by atoms with van der Waals surface area (Å²) in [7, 11) is 0. The van der Waals surface area contributed by atoms with Gasteiger partial charge in [0, 0.05) is 0 Å². The second kappa shape index (κ2) is 7.39. The second-order valence-electron chi connectivity index (χ2n) is 4.66. The van der Waals surface area contributed by atoms with Crippen molar-refractivity contribution >= 4 is 74.7 Å². The topological polar surface area (TPSA) is 25.4 Å². The Morgan fingerprint density at radius 1 is 1.14 bits per heavy atom. The van der Waals surface area contributed by atoms with Crippen molar-refractivity contribution in [2.45, 2.75) is 30.8 Å². The van der Waals surface area contributed by atoms with Gasteiger partial charge in [-0.3, -0.25) is 0 Å². The van der Waals surface area contributed by atoms with Gasteiger partial charge in [-0.15, -0.1) is 0 Å². The Morgan fingerprint density at radius 2 is 1.62 bits per heavy atom. The molecule has 116 valence electrons. The third-order valence-corrected chi connectivity index (χ3v) is 6.18. The van der Waals surface area contributed by atoms with Gasteiger partial charge in [-0.05, 0) is 13.8 Å². The van der Waals surface area contributed by atoms with E-state index in [4.69, 9.17) is 63.4 Å². The highest BCUT2D eigenvalue weighted by atomic mass is 35.5. The molecule has 2 atom stereocenters. The highest BCUT2D eigenvalue weighted by Gasteiger charge is 2.29. The SMILES string of the molecule is CC1COCC(C)N1C(=S)Sc1c(Cl)c(Cl)nc(Cl)c1Cl. The molecule has 0 amide bonds. The van der Waals surface area contributed by atoms with Crippen LogP contribution < -0.4 is 0 Å². The maximum absolute atomic E-state index is 6.17. The van der Waals surface area contributed by atoms with Crippen molar-refractivity contribution in [3.05, 3.63) is 20.4 Å². The Labute approximate surface area is 153 Å². The van der Waals surface area contributed by atoms with Gasteiger partial charge in [-0.2, -0.15) is 0 Å². The maximum Gasteiger partial charge on any atom is 0.150 e. The van der Waals surface area contributed by atoms with Crippen molar-refractivity contribution in [1.29, 1.82) is 0 Å². The van der Waals surface area contributed by atoms with Gasteiger partial charge in [-0.25, -0.2) is 4.98 Å². The molecule has 0 bridgehead atoms. The van der Waals surface area contributed by atoms with Gasteiger partial charge >= 0.3 is 0 Å². The monoisotopic (exact) mass is 404 g/mol. The van der Waals surface area contributed by atoms with E-state index in [9.17, 15) is 0 Å². The van der Waals surface area contributed by atoms with E-state index in [0.29, 0.717) is 22.4 Å². The molecule has 1 aromatic rings. The number of ether oxygens (including phenoxy) is 1. The number of nitrogens with zero attached hydrogens (tertiary/aromatic N) is 2. The van der Waals surface area contributed by atoms with Crippen LogP contribution in [0.4, 0.5) is 0 Å². The first-order chi connectivity index (χ1) is 9.82. The Morgan fingerprint density at radius 3 is 2.10 bits per heavy atom. The van der Waals surface area contributed by atoms with E-state index in [0.717, 1.165) is 0 Å². The van der Waals surface area contributed by atoms with Crippen LogP contribution >= 0.6 is 70.4 Å². The normalized spacial score (nSPS) is 22.5. The number of pyridine rings is 1. The zero-order chi connectivity index (χ0) is 15.7. The molecule has 0 N–H and O–H groups in total. The molecular formula is C12H12Cl4N2OS2. The molecule has 0 aromatic carbocycles. The molecule has 2 rings (SSSR count). The molecule has 2 unspecified atom stereocenters. The molecular weight excluding hydrogens is 394 g/mol. The Balaban J connectivity index is 2.27. The molecule has 1 aliphatic heterocycles.